The molecule has 19 heavy (non-hydrogen) atoms. The van der Waals surface area contributed by atoms with E-state index in [1.165, 1.54) is 51.6 Å². The van der Waals surface area contributed by atoms with Gasteiger partial charge in [0.05, 0.1) is 0 Å². The van der Waals surface area contributed by atoms with E-state index in [-0.39, 0.29) is 0 Å². The lowest BCUT2D eigenvalue weighted by molar-refractivity contribution is 0.165. The van der Waals surface area contributed by atoms with Crippen molar-refractivity contribution in [2.45, 2.75) is 78.3 Å². The molecule has 1 aliphatic heterocycles. The molecule has 0 amide bonds. The molecule has 3 atom stereocenters. The number of rotatable bonds is 3. The molecule has 1 aliphatic carbocycles. The number of likely N-dealkylation sites (tertiary alicyclic amines) is 1. The fourth-order valence-corrected chi connectivity index (χ4v) is 4.19. The standard InChI is InChI=1S/C17H34N2/c1-5-18-15-9-6-10-16(15)19-12-7-8-14(11-13-19)17(2,3)4/h14-16,18H,5-13H2,1-4H3. The molecule has 2 nitrogen and oxygen atoms in total. The molecule has 0 aromatic heterocycles. The first-order valence-corrected chi connectivity index (χ1v) is 8.49. The highest BCUT2D eigenvalue weighted by Gasteiger charge is 2.34. The summed E-state index contributed by atoms with van der Waals surface area (Å²) < 4.78 is 0. The van der Waals surface area contributed by atoms with E-state index in [0.29, 0.717) is 5.41 Å². The van der Waals surface area contributed by atoms with Crippen molar-refractivity contribution in [1.29, 1.82) is 0 Å². The van der Waals surface area contributed by atoms with Crippen molar-refractivity contribution in [2.75, 3.05) is 19.6 Å². The normalized spacial score (nSPS) is 34.4. The molecule has 1 saturated heterocycles. The van der Waals surface area contributed by atoms with Crippen molar-refractivity contribution in [3.8, 4) is 0 Å². The highest BCUT2D eigenvalue weighted by Crippen LogP contribution is 2.36. The zero-order chi connectivity index (χ0) is 13.9. The Morgan fingerprint density at radius 1 is 1.00 bits per heavy atom. The van der Waals surface area contributed by atoms with Gasteiger partial charge in [0.2, 0.25) is 0 Å². The van der Waals surface area contributed by atoms with Crippen molar-refractivity contribution in [2.24, 2.45) is 11.3 Å². The molecule has 0 bridgehead atoms. The van der Waals surface area contributed by atoms with Crippen LogP contribution in [0.25, 0.3) is 0 Å². The van der Waals surface area contributed by atoms with Crippen LogP contribution in [0.2, 0.25) is 0 Å². The van der Waals surface area contributed by atoms with Crippen LogP contribution < -0.4 is 5.32 Å². The summed E-state index contributed by atoms with van der Waals surface area (Å²) in [5, 5.41) is 3.71. The van der Waals surface area contributed by atoms with Gasteiger partial charge in [0.25, 0.3) is 0 Å². The molecule has 112 valence electrons. The van der Waals surface area contributed by atoms with E-state index >= 15 is 0 Å². The fourth-order valence-electron chi connectivity index (χ4n) is 4.19. The molecule has 2 fully saturated rings. The maximum absolute atomic E-state index is 3.71. The Balaban J connectivity index is 1.91. The third-order valence-corrected chi connectivity index (χ3v) is 5.40. The Kier molecular flexibility index (Phi) is 5.30. The van der Waals surface area contributed by atoms with Crippen LogP contribution in [-0.4, -0.2) is 36.6 Å². The van der Waals surface area contributed by atoms with Crippen LogP contribution in [0.1, 0.15) is 66.2 Å². The van der Waals surface area contributed by atoms with E-state index in [9.17, 15) is 0 Å². The summed E-state index contributed by atoms with van der Waals surface area (Å²) in [6.07, 6.45) is 8.45. The van der Waals surface area contributed by atoms with Gasteiger partial charge >= 0.3 is 0 Å². The van der Waals surface area contributed by atoms with E-state index in [1.807, 2.05) is 0 Å². The predicted octanol–water partition coefficient (Wildman–Crippen LogP) is 3.67. The second-order valence-electron chi connectivity index (χ2n) is 7.69. The minimum Gasteiger partial charge on any atom is -0.313 e. The summed E-state index contributed by atoms with van der Waals surface area (Å²) >= 11 is 0. The van der Waals surface area contributed by atoms with Crippen molar-refractivity contribution in [1.82, 2.24) is 10.2 Å². The maximum Gasteiger partial charge on any atom is 0.0249 e. The van der Waals surface area contributed by atoms with E-state index in [0.717, 1.165) is 24.5 Å². The average molecular weight is 266 g/mol. The molecule has 2 aliphatic rings. The Morgan fingerprint density at radius 3 is 2.47 bits per heavy atom. The van der Waals surface area contributed by atoms with E-state index in [4.69, 9.17) is 0 Å². The number of hydrogen-bond acceptors (Lipinski definition) is 2. The molecule has 1 saturated carbocycles. The first-order valence-electron chi connectivity index (χ1n) is 8.49. The Morgan fingerprint density at radius 2 is 1.79 bits per heavy atom. The summed E-state index contributed by atoms with van der Waals surface area (Å²) in [7, 11) is 0. The van der Waals surface area contributed by atoms with E-state index in [1.54, 1.807) is 0 Å². The Hall–Kier alpha value is -0.0800. The summed E-state index contributed by atoms with van der Waals surface area (Å²) in [6.45, 7) is 13.3. The van der Waals surface area contributed by atoms with Gasteiger partial charge in [-0.2, -0.15) is 0 Å². The molecule has 0 aromatic carbocycles. The summed E-state index contributed by atoms with van der Waals surface area (Å²) in [5.41, 5.74) is 0.493. The first kappa shape index (κ1) is 15.3. The summed E-state index contributed by atoms with van der Waals surface area (Å²) in [5.74, 6) is 0.913. The lowest BCUT2D eigenvalue weighted by atomic mass is 9.77. The summed E-state index contributed by atoms with van der Waals surface area (Å²) in [4.78, 5) is 2.81. The monoisotopic (exact) mass is 266 g/mol. The van der Waals surface area contributed by atoms with Gasteiger partial charge in [0, 0.05) is 12.1 Å². The zero-order valence-electron chi connectivity index (χ0n) is 13.5. The van der Waals surface area contributed by atoms with Gasteiger partial charge in [-0.1, -0.05) is 34.1 Å². The van der Waals surface area contributed by atoms with Gasteiger partial charge in [-0.3, -0.25) is 4.90 Å². The predicted molar refractivity (Wildman–Crippen MR) is 83.5 cm³/mol. The molecule has 0 spiro atoms. The Bertz CT molecular complexity index is 269. The van der Waals surface area contributed by atoms with Crippen LogP contribution >= 0.6 is 0 Å². The summed E-state index contributed by atoms with van der Waals surface area (Å²) in [6, 6.07) is 1.58. The molecule has 3 unspecified atom stereocenters. The van der Waals surface area contributed by atoms with Crippen molar-refractivity contribution >= 4 is 0 Å². The van der Waals surface area contributed by atoms with Crippen LogP contribution in [0.3, 0.4) is 0 Å². The minimum absolute atomic E-state index is 0.493. The second kappa shape index (κ2) is 6.58. The SMILES string of the molecule is CCNC1CCCC1N1CCCC(C(C)(C)C)CC1. The lowest BCUT2D eigenvalue weighted by Gasteiger charge is -2.33. The van der Waals surface area contributed by atoms with Crippen molar-refractivity contribution in [3.63, 3.8) is 0 Å². The second-order valence-corrected chi connectivity index (χ2v) is 7.69. The largest absolute Gasteiger partial charge is 0.313 e. The number of nitrogens with zero attached hydrogens (tertiary/aromatic N) is 1. The maximum atomic E-state index is 3.71. The topological polar surface area (TPSA) is 15.3 Å². The highest BCUT2D eigenvalue weighted by atomic mass is 15.2. The zero-order valence-corrected chi connectivity index (χ0v) is 13.5. The van der Waals surface area contributed by atoms with Gasteiger partial charge in [0.15, 0.2) is 0 Å². The van der Waals surface area contributed by atoms with Crippen LogP contribution in [-0.2, 0) is 0 Å². The van der Waals surface area contributed by atoms with Crippen molar-refractivity contribution < 1.29 is 0 Å². The molecule has 1 N–H and O–H groups in total. The quantitative estimate of drug-likeness (QED) is 0.838. The molecule has 0 aromatic rings. The van der Waals surface area contributed by atoms with E-state index in [2.05, 4.69) is 37.9 Å². The number of likely N-dealkylation sites (N-methyl/N-ethyl adjacent to an activating group) is 1. The van der Waals surface area contributed by atoms with Gasteiger partial charge in [-0.15, -0.1) is 0 Å². The Labute approximate surface area is 120 Å². The number of nitrogens with one attached hydrogen (secondary N) is 1. The minimum atomic E-state index is 0.493. The third kappa shape index (κ3) is 3.95. The molecule has 2 rings (SSSR count). The molecular formula is C17H34N2. The smallest absolute Gasteiger partial charge is 0.0249 e. The van der Waals surface area contributed by atoms with Gasteiger partial charge < -0.3 is 5.32 Å². The molecule has 1 heterocycles. The third-order valence-electron chi connectivity index (χ3n) is 5.40. The first-order chi connectivity index (χ1) is 9.02. The van der Waals surface area contributed by atoms with Gasteiger partial charge in [-0.05, 0) is 63.1 Å². The van der Waals surface area contributed by atoms with Crippen LogP contribution in [0.15, 0.2) is 0 Å². The van der Waals surface area contributed by atoms with Crippen LogP contribution in [0.4, 0.5) is 0 Å². The average Bonchev–Trinajstić information content (AvgIpc) is 2.64. The molecule has 0 radical (unpaired) electrons. The van der Waals surface area contributed by atoms with Crippen LogP contribution in [0, 0.1) is 11.3 Å². The molecular weight excluding hydrogens is 232 g/mol. The lowest BCUT2D eigenvalue weighted by Crippen LogP contribution is -2.47. The van der Waals surface area contributed by atoms with E-state index < -0.39 is 0 Å². The van der Waals surface area contributed by atoms with Crippen molar-refractivity contribution in [3.05, 3.63) is 0 Å². The van der Waals surface area contributed by atoms with Crippen LogP contribution in [0.5, 0.6) is 0 Å². The van der Waals surface area contributed by atoms with Gasteiger partial charge in [0.1, 0.15) is 0 Å². The fraction of sp³-hybridized carbons (Fsp3) is 1.00. The van der Waals surface area contributed by atoms with Gasteiger partial charge in [-0.25, -0.2) is 0 Å². The number of hydrogen-bond donors (Lipinski definition) is 1. The highest BCUT2D eigenvalue weighted by molar-refractivity contribution is 4.92. The molecule has 2 heteroatoms.